The minimum Gasteiger partial charge on any atom is -0.341 e. The van der Waals surface area contributed by atoms with Crippen molar-refractivity contribution in [1.82, 2.24) is 9.97 Å². The molecule has 0 saturated carbocycles. The van der Waals surface area contributed by atoms with Crippen molar-refractivity contribution < 1.29 is 4.79 Å². The fourth-order valence-corrected chi connectivity index (χ4v) is 3.04. The molecule has 1 aliphatic rings. The van der Waals surface area contributed by atoms with E-state index in [1.54, 1.807) is 6.07 Å². The normalized spacial score (nSPS) is 14.6. The van der Waals surface area contributed by atoms with Gasteiger partial charge in [0.15, 0.2) is 0 Å². The average Bonchev–Trinajstić information content (AvgIpc) is 2.57. The van der Waals surface area contributed by atoms with Crippen LogP contribution in [0.4, 0.5) is 11.6 Å². The van der Waals surface area contributed by atoms with Crippen LogP contribution in [0.5, 0.6) is 0 Å². The van der Waals surface area contributed by atoms with Crippen LogP contribution in [0, 0.1) is 6.92 Å². The molecule has 1 fully saturated rings. The smallest absolute Gasteiger partial charge is 0.274 e. The van der Waals surface area contributed by atoms with Crippen molar-refractivity contribution in [2.24, 2.45) is 0 Å². The summed E-state index contributed by atoms with van der Waals surface area (Å²) >= 11 is 3.43. The lowest BCUT2D eigenvalue weighted by Crippen LogP contribution is -2.31. The Labute approximate surface area is 144 Å². The van der Waals surface area contributed by atoms with E-state index in [1.807, 2.05) is 31.2 Å². The van der Waals surface area contributed by atoms with Crippen LogP contribution in [-0.2, 0) is 0 Å². The van der Waals surface area contributed by atoms with Crippen LogP contribution in [0.1, 0.15) is 35.4 Å². The zero-order valence-electron chi connectivity index (χ0n) is 13.1. The fraction of sp³-hybridized carbons (Fsp3) is 0.353. The third-order valence-electron chi connectivity index (χ3n) is 3.84. The predicted octanol–water partition coefficient (Wildman–Crippen LogP) is 3.79. The number of hydrogen-bond acceptors (Lipinski definition) is 4. The minimum atomic E-state index is -0.222. The Morgan fingerprint density at radius 2 is 1.91 bits per heavy atom. The Morgan fingerprint density at radius 1 is 1.17 bits per heavy atom. The van der Waals surface area contributed by atoms with Gasteiger partial charge in [0, 0.05) is 23.3 Å². The van der Waals surface area contributed by atoms with Gasteiger partial charge in [-0.2, -0.15) is 0 Å². The van der Waals surface area contributed by atoms with Gasteiger partial charge < -0.3 is 10.2 Å². The Kier molecular flexibility index (Phi) is 4.91. The van der Waals surface area contributed by atoms with Gasteiger partial charge in [-0.15, -0.1) is 0 Å². The maximum Gasteiger partial charge on any atom is 0.274 e. The lowest BCUT2D eigenvalue weighted by Gasteiger charge is -2.27. The number of carbonyl (C=O) groups is 1. The van der Waals surface area contributed by atoms with Crippen LogP contribution in [0.2, 0.25) is 0 Å². The lowest BCUT2D eigenvalue weighted by molar-refractivity contribution is 0.102. The van der Waals surface area contributed by atoms with Crippen molar-refractivity contribution in [1.29, 1.82) is 0 Å². The van der Waals surface area contributed by atoms with Crippen molar-refractivity contribution in [3.05, 3.63) is 46.2 Å². The van der Waals surface area contributed by atoms with E-state index >= 15 is 0 Å². The summed E-state index contributed by atoms with van der Waals surface area (Å²) in [5, 5.41) is 2.89. The summed E-state index contributed by atoms with van der Waals surface area (Å²) in [6.07, 6.45) is 3.54. The van der Waals surface area contributed by atoms with Gasteiger partial charge in [0.05, 0.1) is 5.69 Å². The summed E-state index contributed by atoms with van der Waals surface area (Å²) in [5.74, 6) is 0.433. The van der Waals surface area contributed by atoms with Gasteiger partial charge in [0.2, 0.25) is 5.95 Å². The average molecular weight is 375 g/mol. The topological polar surface area (TPSA) is 58.1 Å². The number of anilines is 2. The summed E-state index contributed by atoms with van der Waals surface area (Å²) in [6.45, 7) is 3.80. The molecule has 1 N–H and O–H groups in total. The largest absolute Gasteiger partial charge is 0.341 e. The Balaban J connectivity index is 1.83. The first kappa shape index (κ1) is 15.9. The first-order chi connectivity index (χ1) is 11.1. The molecule has 0 radical (unpaired) electrons. The van der Waals surface area contributed by atoms with Crippen molar-refractivity contribution in [3.63, 3.8) is 0 Å². The number of nitrogens with one attached hydrogen (secondary N) is 1. The maximum absolute atomic E-state index is 12.5. The lowest BCUT2D eigenvalue weighted by atomic mass is 10.1. The number of carbonyl (C=O) groups excluding carboxylic acids is 1. The number of halogens is 1. The molecule has 0 atom stereocenters. The first-order valence-electron chi connectivity index (χ1n) is 7.80. The standard InChI is InChI=1S/C17H19BrN4O/c1-12-11-15(16(23)20-14-8-4-3-7-13(14)18)21-17(19-12)22-9-5-2-6-10-22/h3-4,7-8,11H,2,5-6,9-10H2,1H3,(H,20,23). The molecule has 120 valence electrons. The Bertz CT molecular complexity index is 713. The van der Waals surface area contributed by atoms with Gasteiger partial charge in [-0.3, -0.25) is 4.79 Å². The SMILES string of the molecule is Cc1cc(C(=O)Nc2ccccc2Br)nc(N2CCCCC2)n1. The van der Waals surface area contributed by atoms with Crippen LogP contribution < -0.4 is 10.2 Å². The molecule has 0 bridgehead atoms. The van der Waals surface area contributed by atoms with E-state index in [-0.39, 0.29) is 5.91 Å². The zero-order chi connectivity index (χ0) is 16.2. The molecule has 2 aromatic rings. The summed E-state index contributed by atoms with van der Waals surface area (Å²) < 4.78 is 0.843. The number of nitrogens with zero attached hydrogens (tertiary/aromatic N) is 3. The van der Waals surface area contributed by atoms with Gasteiger partial charge >= 0.3 is 0 Å². The van der Waals surface area contributed by atoms with E-state index in [0.29, 0.717) is 11.6 Å². The molecule has 1 aromatic carbocycles. The zero-order valence-corrected chi connectivity index (χ0v) is 14.6. The summed E-state index contributed by atoms with van der Waals surface area (Å²) in [7, 11) is 0. The number of hydrogen-bond donors (Lipinski definition) is 1. The highest BCUT2D eigenvalue weighted by atomic mass is 79.9. The number of rotatable bonds is 3. The maximum atomic E-state index is 12.5. The summed E-state index contributed by atoms with van der Waals surface area (Å²) in [5.41, 5.74) is 1.93. The van der Waals surface area contributed by atoms with Crippen LogP contribution in [-0.4, -0.2) is 29.0 Å². The molecule has 1 aromatic heterocycles. The highest BCUT2D eigenvalue weighted by molar-refractivity contribution is 9.10. The molecule has 1 aliphatic heterocycles. The molecule has 1 amide bonds. The van der Waals surface area contributed by atoms with Crippen LogP contribution in [0.15, 0.2) is 34.8 Å². The second kappa shape index (κ2) is 7.08. The number of benzene rings is 1. The van der Waals surface area contributed by atoms with E-state index in [2.05, 4.69) is 36.1 Å². The second-order valence-corrected chi connectivity index (χ2v) is 6.53. The Hall–Kier alpha value is -1.95. The molecule has 23 heavy (non-hydrogen) atoms. The molecule has 5 nitrogen and oxygen atoms in total. The van der Waals surface area contributed by atoms with Gasteiger partial charge in [0.1, 0.15) is 5.69 Å². The molecule has 0 unspecified atom stereocenters. The van der Waals surface area contributed by atoms with Crippen LogP contribution >= 0.6 is 15.9 Å². The van der Waals surface area contributed by atoms with Gasteiger partial charge in [0.25, 0.3) is 5.91 Å². The quantitative estimate of drug-likeness (QED) is 0.887. The fourth-order valence-electron chi connectivity index (χ4n) is 2.65. The number of aryl methyl sites for hydroxylation is 1. The highest BCUT2D eigenvalue weighted by Gasteiger charge is 2.17. The molecular weight excluding hydrogens is 356 g/mol. The van der Waals surface area contributed by atoms with E-state index in [9.17, 15) is 4.79 Å². The van der Waals surface area contributed by atoms with E-state index in [4.69, 9.17) is 0 Å². The molecule has 0 aliphatic carbocycles. The molecule has 1 saturated heterocycles. The third-order valence-corrected chi connectivity index (χ3v) is 4.53. The number of aromatic nitrogens is 2. The van der Waals surface area contributed by atoms with E-state index in [1.165, 1.54) is 6.42 Å². The molecule has 6 heteroatoms. The van der Waals surface area contributed by atoms with E-state index in [0.717, 1.165) is 41.8 Å². The molecule has 2 heterocycles. The first-order valence-corrected chi connectivity index (χ1v) is 8.59. The molecule has 0 spiro atoms. The van der Waals surface area contributed by atoms with Crippen molar-refractivity contribution in [2.75, 3.05) is 23.3 Å². The van der Waals surface area contributed by atoms with Gasteiger partial charge in [-0.1, -0.05) is 12.1 Å². The van der Waals surface area contributed by atoms with Crippen molar-refractivity contribution in [2.45, 2.75) is 26.2 Å². The second-order valence-electron chi connectivity index (χ2n) is 5.68. The van der Waals surface area contributed by atoms with Gasteiger partial charge in [-0.05, 0) is 60.3 Å². The number of para-hydroxylation sites is 1. The number of amides is 1. The monoisotopic (exact) mass is 374 g/mol. The van der Waals surface area contributed by atoms with Crippen molar-refractivity contribution >= 4 is 33.5 Å². The van der Waals surface area contributed by atoms with E-state index < -0.39 is 0 Å². The van der Waals surface area contributed by atoms with Crippen LogP contribution in [0.3, 0.4) is 0 Å². The van der Waals surface area contributed by atoms with Crippen molar-refractivity contribution in [3.8, 4) is 0 Å². The minimum absolute atomic E-state index is 0.222. The molecular formula is C17H19BrN4O. The summed E-state index contributed by atoms with van der Waals surface area (Å²) in [6, 6.07) is 9.25. The highest BCUT2D eigenvalue weighted by Crippen LogP contribution is 2.22. The predicted molar refractivity (Wildman–Crippen MR) is 94.9 cm³/mol. The number of piperidine rings is 1. The van der Waals surface area contributed by atoms with Gasteiger partial charge in [-0.25, -0.2) is 9.97 Å². The third kappa shape index (κ3) is 3.88. The van der Waals surface area contributed by atoms with Crippen LogP contribution in [0.25, 0.3) is 0 Å². The molecule has 3 rings (SSSR count). The summed E-state index contributed by atoms with van der Waals surface area (Å²) in [4.78, 5) is 23.6. The Morgan fingerprint density at radius 3 is 2.65 bits per heavy atom.